The van der Waals surface area contributed by atoms with Crippen molar-refractivity contribution in [2.75, 3.05) is 24.0 Å². The largest absolute Gasteiger partial charge is 0.336 e. The number of nitrogens with zero attached hydrogens (tertiary/aromatic N) is 1. The Morgan fingerprint density at radius 2 is 1.56 bits per heavy atom. The van der Waals surface area contributed by atoms with E-state index in [0.29, 0.717) is 5.92 Å². The number of hydrogen-bond acceptors (Lipinski definition) is 3. The Balaban J connectivity index is 1.87. The molecule has 0 saturated heterocycles. The number of hydrogen-bond donors (Lipinski definition) is 0. The van der Waals surface area contributed by atoms with Gasteiger partial charge in [0.1, 0.15) is 0 Å². The first-order valence-corrected chi connectivity index (χ1v) is 11.8. The van der Waals surface area contributed by atoms with Crippen molar-refractivity contribution in [2.24, 2.45) is 5.92 Å². The van der Waals surface area contributed by atoms with Crippen LogP contribution in [-0.2, 0) is 0 Å². The molecular weight excluding hydrogens is 366 g/mol. The van der Waals surface area contributed by atoms with E-state index in [1.807, 2.05) is 23.5 Å². The summed E-state index contributed by atoms with van der Waals surface area (Å²) >= 11 is 3.68. The van der Waals surface area contributed by atoms with Crippen molar-refractivity contribution in [2.45, 2.75) is 13.3 Å². The molecule has 0 amide bonds. The van der Waals surface area contributed by atoms with E-state index in [1.165, 1.54) is 37.9 Å². The van der Waals surface area contributed by atoms with Gasteiger partial charge in [-0.15, -0.1) is 23.5 Å². The van der Waals surface area contributed by atoms with E-state index in [1.54, 1.807) is 0 Å². The lowest BCUT2D eigenvalue weighted by molar-refractivity contribution is 0.728. The van der Waals surface area contributed by atoms with Gasteiger partial charge in [-0.2, -0.15) is 0 Å². The summed E-state index contributed by atoms with van der Waals surface area (Å²) in [5, 5.41) is 0. The second kappa shape index (κ2) is 8.04. The Kier molecular flexibility index (Phi) is 5.51. The fraction of sp³-hybridized carbons (Fsp3) is 0.250. The second-order valence-corrected chi connectivity index (χ2v) is 8.93. The predicted octanol–water partition coefficient (Wildman–Crippen LogP) is 7.10. The zero-order valence-electron chi connectivity index (χ0n) is 16.1. The van der Waals surface area contributed by atoms with Crippen molar-refractivity contribution in [1.29, 1.82) is 0 Å². The molecule has 1 aliphatic heterocycles. The highest BCUT2D eigenvalue weighted by Gasteiger charge is 2.28. The SMILES string of the molecule is CSC(SC)=C1c2ccccc2N(CC2=CCC(C)C=C2)c2ccccc21. The molecule has 2 aromatic rings. The zero-order valence-corrected chi connectivity index (χ0v) is 17.7. The predicted molar refractivity (Wildman–Crippen MR) is 124 cm³/mol. The fourth-order valence-electron chi connectivity index (χ4n) is 3.86. The van der Waals surface area contributed by atoms with Crippen LogP contribution in [0.5, 0.6) is 0 Å². The van der Waals surface area contributed by atoms with E-state index in [-0.39, 0.29) is 0 Å². The van der Waals surface area contributed by atoms with Crippen LogP contribution in [0.1, 0.15) is 24.5 Å². The molecule has 27 heavy (non-hydrogen) atoms. The van der Waals surface area contributed by atoms with Crippen LogP contribution in [0.25, 0.3) is 5.57 Å². The quantitative estimate of drug-likeness (QED) is 0.547. The highest BCUT2D eigenvalue weighted by Crippen LogP contribution is 2.49. The topological polar surface area (TPSA) is 3.24 Å². The van der Waals surface area contributed by atoms with Crippen molar-refractivity contribution in [3.05, 3.63) is 87.7 Å². The van der Waals surface area contributed by atoms with Gasteiger partial charge >= 0.3 is 0 Å². The summed E-state index contributed by atoms with van der Waals surface area (Å²) < 4.78 is 1.38. The molecule has 1 heterocycles. The summed E-state index contributed by atoms with van der Waals surface area (Å²) in [6.07, 6.45) is 12.5. The second-order valence-electron chi connectivity index (χ2n) is 7.04. The van der Waals surface area contributed by atoms with Gasteiger partial charge in [0.2, 0.25) is 0 Å². The van der Waals surface area contributed by atoms with Crippen LogP contribution in [0.15, 0.2) is 76.6 Å². The molecule has 0 N–H and O–H groups in total. The molecule has 1 nitrogen and oxygen atoms in total. The van der Waals surface area contributed by atoms with Gasteiger partial charge in [0.05, 0.1) is 0 Å². The average Bonchev–Trinajstić information content (AvgIpc) is 2.72. The van der Waals surface area contributed by atoms with E-state index in [2.05, 4.69) is 91.1 Å². The lowest BCUT2D eigenvalue weighted by Crippen LogP contribution is -2.25. The van der Waals surface area contributed by atoms with Gasteiger partial charge in [0.15, 0.2) is 0 Å². The normalized spacial score (nSPS) is 18.0. The van der Waals surface area contributed by atoms with Crippen molar-refractivity contribution >= 4 is 40.5 Å². The average molecular weight is 392 g/mol. The minimum Gasteiger partial charge on any atom is -0.336 e. The molecule has 0 fully saturated rings. The van der Waals surface area contributed by atoms with Crippen molar-refractivity contribution in [1.82, 2.24) is 0 Å². The number of fused-ring (bicyclic) bond motifs is 2. The van der Waals surface area contributed by atoms with E-state index < -0.39 is 0 Å². The van der Waals surface area contributed by atoms with Gasteiger partial charge in [-0.1, -0.05) is 61.5 Å². The van der Waals surface area contributed by atoms with Crippen molar-refractivity contribution < 1.29 is 0 Å². The molecule has 0 bridgehead atoms. The maximum atomic E-state index is 2.48. The zero-order chi connectivity index (χ0) is 18.8. The van der Waals surface area contributed by atoms with Gasteiger partial charge in [0.25, 0.3) is 0 Å². The summed E-state index contributed by atoms with van der Waals surface area (Å²) in [5.41, 5.74) is 8.06. The third-order valence-electron chi connectivity index (χ3n) is 5.23. The Labute approximate surface area is 171 Å². The maximum absolute atomic E-state index is 2.48. The summed E-state index contributed by atoms with van der Waals surface area (Å²) in [4.78, 5) is 2.48. The van der Waals surface area contributed by atoms with Crippen LogP contribution in [0, 0.1) is 5.92 Å². The van der Waals surface area contributed by atoms with E-state index in [0.717, 1.165) is 13.0 Å². The molecule has 1 unspecified atom stereocenters. The summed E-state index contributed by atoms with van der Waals surface area (Å²) in [5.74, 6) is 0.648. The number of rotatable bonds is 4. The number of anilines is 2. The minimum absolute atomic E-state index is 0.648. The smallest absolute Gasteiger partial charge is 0.0494 e. The van der Waals surface area contributed by atoms with Gasteiger partial charge < -0.3 is 4.90 Å². The van der Waals surface area contributed by atoms with Crippen LogP contribution in [-0.4, -0.2) is 19.1 Å². The molecule has 4 rings (SSSR count). The first kappa shape index (κ1) is 18.5. The highest BCUT2D eigenvalue weighted by atomic mass is 32.2. The van der Waals surface area contributed by atoms with E-state index in [9.17, 15) is 0 Å². The first-order valence-electron chi connectivity index (χ1n) is 9.38. The molecule has 0 aromatic heterocycles. The number of allylic oxidation sites excluding steroid dienone is 2. The van der Waals surface area contributed by atoms with Crippen LogP contribution in [0.3, 0.4) is 0 Å². The van der Waals surface area contributed by atoms with Crippen LogP contribution in [0.4, 0.5) is 11.4 Å². The molecule has 1 aliphatic carbocycles. The molecular formula is C24H25NS2. The minimum atomic E-state index is 0.648. The molecule has 138 valence electrons. The molecule has 1 atom stereocenters. The van der Waals surface area contributed by atoms with E-state index >= 15 is 0 Å². The summed E-state index contributed by atoms with van der Waals surface area (Å²) in [7, 11) is 0. The third kappa shape index (κ3) is 3.51. The van der Waals surface area contributed by atoms with E-state index in [4.69, 9.17) is 0 Å². The van der Waals surface area contributed by atoms with Crippen LogP contribution in [0.2, 0.25) is 0 Å². The molecule has 3 heteroatoms. The van der Waals surface area contributed by atoms with Gasteiger partial charge in [0, 0.05) is 38.9 Å². The van der Waals surface area contributed by atoms with Gasteiger partial charge in [-0.3, -0.25) is 0 Å². The third-order valence-corrected chi connectivity index (χ3v) is 7.38. The highest BCUT2D eigenvalue weighted by molar-refractivity contribution is 8.21. The van der Waals surface area contributed by atoms with Crippen LogP contribution < -0.4 is 4.90 Å². The number of benzene rings is 2. The molecule has 0 spiro atoms. The number of para-hydroxylation sites is 2. The van der Waals surface area contributed by atoms with Crippen LogP contribution >= 0.6 is 23.5 Å². The van der Waals surface area contributed by atoms with Gasteiger partial charge in [-0.25, -0.2) is 0 Å². The van der Waals surface area contributed by atoms with Crippen molar-refractivity contribution in [3.63, 3.8) is 0 Å². The molecule has 0 radical (unpaired) electrons. The van der Waals surface area contributed by atoms with Crippen molar-refractivity contribution in [3.8, 4) is 0 Å². The maximum Gasteiger partial charge on any atom is 0.0494 e. The Hall–Kier alpha value is -1.84. The first-order chi connectivity index (χ1) is 13.2. The Morgan fingerprint density at radius 3 is 2.07 bits per heavy atom. The summed E-state index contributed by atoms with van der Waals surface area (Å²) in [6, 6.07) is 17.7. The lowest BCUT2D eigenvalue weighted by Gasteiger charge is -2.36. The molecule has 2 aliphatic rings. The number of thioether (sulfide) groups is 2. The monoisotopic (exact) mass is 391 g/mol. The molecule has 0 saturated carbocycles. The Bertz CT molecular complexity index is 883. The van der Waals surface area contributed by atoms with Gasteiger partial charge in [-0.05, 0) is 42.6 Å². The lowest BCUT2D eigenvalue weighted by atomic mass is 9.90. The summed E-state index contributed by atoms with van der Waals surface area (Å²) in [6.45, 7) is 3.19. The molecule has 2 aromatic carbocycles. The fourth-order valence-corrected chi connectivity index (χ4v) is 5.38. The standard InChI is InChI=1S/C24H25NS2/c1-17-12-14-18(15-13-17)16-25-21-10-6-4-8-19(21)23(24(26-2)27-3)20-9-5-7-11-22(20)25/h4-12,14-15,17H,13,16H2,1-3H3. The Morgan fingerprint density at radius 1 is 0.963 bits per heavy atom.